The molecule has 122 valence electrons. The molecule has 1 fully saturated rings. The van der Waals surface area contributed by atoms with Crippen LogP contribution >= 0.6 is 0 Å². The van der Waals surface area contributed by atoms with Gasteiger partial charge in [0.2, 0.25) is 5.89 Å². The number of pyridine rings is 1. The van der Waals surface area contributed by atoms with Crippen LogP contribution in [0, 0.1) is 0 Å². The van der Waals surface area contributed by atoms with Crippen molar-refractivity contribution in [2.45, 2.75) is 18.8 Å². The fraction of sp³-hybridized carbons (Fsp3) is 0.294. The minimum absolute atomic E-state index is 0.0247. The summed E-state index contributed by atoms with van der Waals surface area (Å²) < 4.78 is 5.05. The van der Waals surface area contributed by atoms with E-state index in [1.807, 2.05) is 24.3 Å². The number of nitrogens with one attached hydrogen (secondary N) is 1. The first-order valence-electron chi connectivity index (χ1n) is 7.90. The fourth-order valence-corrected chi connectivity index (χ4v) is 3.17. The Labute approximate surface area is 137 Å². The number of benzene rings is 1. The standard InChI is InChI=1S/C17H16N4O3/c22-16(12-5-6-14-11(9-12)3-1-7-18-14)21-8-2-4-13(10-21)15-19-20-17(23)24-15/h1,3,5-7,9,13H,2,4,8,10H2,(H,20,23). The number of nitrogens with zero attached hydrogens (tertiary/aromatic N) is 3. The van der Waals surface area contributed by atoms with Gasteiger partial charge in [-0.05, 0) is 37.1 Å². The van der Waals surface area contributed by atoms with Crippen LogP contribution in [0.1, 0.15) is 35.0 Å². The molecule has 7 heteroatoms. The van der Waals surface area contributed by atoms with Gasteiger partial charge >= 0.3 is 5.76 Å². The SMILES string of the molecule is O=C(c1ccc2ncccc2c1)N1CCCC(c2n[nH]c(=O)o2)C1. The van der Waals surface area contributed by atoms with Crippen molar-refractivity contribution in [2.24, 2.45) is 0 Å². The zero-order chi connectivity index (χ0) is 16.5. The average molecular weight is 324 g/mol. The number of likely N-dealkylation sites (tertiary alicyclic amines) is 1. The van der Waals surface area contributed by atoms with E-state index in [-0.39, 0.29) is 11.8 Å². The third kappa shape index (κ3) is 2.68. The Balaban J connectivity index is 1.57. The van der Waals surface area contributed by atoms with Gasteiger partial charge in [-0.2, -0.15) is 0 Å². The molecule has 7 nitrogen and oxygen atoms in total. The van der Waals surface area contributed by atoms with E-state index in [9.17, 15) is 9.59 Å². The van der Waals surface area contributed by atoms with Crippen LogP contribution in [0.25, 0.3) is 10.9 Å². The topological polar surface area (TPSA) is 92.1 Å². The molecule has 1 aliphatic heterocycles. The van der Waals surface area contributed by atoms with E-state index in [0.29, 0.717) is 24.5 Å². The molecule has 0 aliphatic carbocycles. The van der Waals surface area contributed by atoms with Crippen molar-refractivity contribution in [2.75, 3.05) is 13.1 Å². The van der Waals surface area contributed by atoms with Crippen LogP contribution in [-0.4, -0.2) is 39.1 Å². The lowest BCUT2D eigenvalue weighted by Gasteiger charge is -2.31. The number of hydrogen-bond donors (Lipinski definition) is 1. The summed E-state index contributed by atoms with van der Waals surface area (Å²) in [6.07, 6.45) is 3.43. The number of aromatic nitrogens is 3. The Morgan fingerprint density at radius 3 is 3.08 bits per heavy atom. The summed E-state index contributed by atoms with van der Waals surface area (Å²) >= 11 is 0. The largest absolute Gasteiger partial charge is 0.434 e. The third-order valence-electron chi connectivity index (χ3n) is 4.36. The molecule has 1 saturated heterocycles. The smallest absolute Gasteiger partial charge is 0.392 e. The fourth-order valence-electron chi connectivity index (χ4n) is 3.17. The third-order valence-corrected chi connectivity index (χ3v) is 4.36. The first-order chi connectivity index (χ1) is 11.7. The maximum Gasteiger partial charge on any atom is 0.434 e. The quantitative estimate of drug-likeness (QED) is 0.777. The Hall–Kier alpha value is -2.96. The minimum atomic E-state index is -0.560. The molecule has 24 heavy (non-hydrogen) atoms. The molecule has 3 heterocycles. The summed E-state index contributed by atoms with van der Waals surface area (Å²) in [6, 6.07) is 9.32. The molecule has 2 aromatic heterocycles. The molecule has 3 aromatic rings. The van der Waals surface area contributed by atoms with Gasteiger partial charge in [0.15, 0.2) is 0 Å². The lowest BCUT2D eigenvalue weighted by atomic mass is 9.97. The highest BCUT2D eigenvalue weighted by Crippen LogP contribution is 2.26. The van der Waals surface area contributed by atoms with Crippen LogP contribution in [0.2, 0.25) is 0 Å². The van der Waals surface area contributed by atoms with Crippen LogP contribution in [0.4, 0.5) is 0 Å². The summed E-state index contributed by atoms with van der Waals surface area (Å²) in [5, 5.41) is 7.12. The zero-order valence-corrected chi connectivity index (χ0v) is 12.9. The van der Waals surface area contributed by atoms with Gasteiger partial charge in [-0.3, -0.25) is 9.78 Å². The summed E-state index contributed by atoms with van der Waals surface area (Å²) in [7, 11) is 0. The monoisotopic (exact) mass is 324 g/mol. The molecular weight excluding hydrogens is 308 g/mol. The van der Waals surface area contributed by atoms with E-state index < -0.39 is 5.76 Å². The highest BCUT2D eigenvalue weighted by atomic mass is 16.4. The second-order valence-electron chi connectivity index (χ2n) is 5.95. The molecule has 0 bridgehead atoms. The number of fused-ring (bicyclic) bond motifs is 1. The zero-order valence-electron chi connectivity index (χ0n) is 12.9. The van der Waals surface area contributed by atoms with Crippen molar-refractivity contribution in [1.82, 2.24) is 20.1 Å². The van der Waals surface area contributed by atoms with Gasteiger partial charge in [0.1, 0.15) is 0 Å². The van der Waals surface area contributed by atoms with Gasteiger partial charge in [-0.15, -0.1) is 5.10 Å². The highest BCUT2D eigenvalue weighted by Gasteiger charge is 2.28. The second kappa shape index (κ2) is 5.92. The highest BCUT2D eigenvalue weighted by molar-refractivity contribution is 5.98. The molecular formula is C17H16N4O3. The summed E-state index contributed by atoms with van der Waals surface area (Å²) in [4.78, 5) is 30.0. The van der Waals surface area contributed by atoms with Gasteiger partial charge in [-0.25, -0.2) is 9.89 Å². The van der Waals surface area contributed by atoms with E-state index in [1.54, 1.807) is 17.2 Å². The Kier molecular flexibility index (Phi) is 3.60. The predicted octanol–water partition coefficient (Wildman–Crippen LogP) is 1.93. The van der Waals surface area contributed by atoms with Crippen molar-refractivity contribution in [3.8, 4) is 0 Å². The molecule has 0 spiro atoms. The maximum atomic E-state index is 12.8. The Morgan fingerprint density at radius 2 is 2.25 bits per heavy atom. The number of H-pyrrole nitrogens is 1. The summed E-state index contributed by atoms with van der Waals surface area (Å²) in [6.45, 7) is 1.19. The van der Waals surface area contributed by atoms with Crippen LogP contribution in [-0.2, 0) is 0 Å². The first-order valence-corrected chi connectivity index (χ1v) is 7.90. The van der Waals surface area contributed by atoms with Crippen molar-refractivity contribution >= 4 is 16.8 Å². The summed E-state index contributed by atoms with van der Waals surface area (Å²) in [5.74, 6) is -0.261. The number of carbonyl (C=O) groups is 1. The minimum Gasteiger partial charge on any atom is -0.392 e. The maximum absolute atomic E-state index is 12.8. The Morgan fingerprint density at radius 1 is 1.33 bits per heavy atom. The number of aromatic amines is 1. The van der Waals surface area contributed by atoms with Crippen molar-refractivity contribution in [3.05, 3.63) is 58.5 Å². The lowest BCUT2D eigenvalue weighted by Crippen LogP contribution is -2.39. The van der Waals surface area contributed by atoms with E-state index in [0.717, 1.165) is 23.7 Å². The molecule has 0 saturated carbocycles. The van der Waals surface area contributed by atoms with Gasteiger partial charge in [0.25, 0.3) is 5.91 Å². The molecule has 1 N–H and O–H groups in total. The van der Waals surface area contributed by atoms with Crippen molar-refractivity contribution in [3.63, 3.8) is 0 Å². The molecule has 1 unspecified atom stereocenters. The van der Waals surface area contributed by atoms with Gasteiger partial charge in [0.05, 0.1) is 11.4 Å². The van der Waals surface area contributed by atoms with Gasteiger partial charge in [-0.1, -0.05) is 6.07 Å². The van der Waals surface area contributed by atoms with Gasteiger partial charge in [0, 0.05) is 30.2 Å². The Bertz CT molecular complexity index is 946. The molecule has 1 amide bonds. The molecule has 0 radical (unpaired) electrons. The number of hydrogen-bond acceptors (Lipinski definition) is 5. The van der Waals surface area contributed by atoms with Crippen LogP contribution in [0.3, 0.4) is 0 Å². The van der Waals surface area contributed by atoms with E-state index in [4.69, 9.17) is 4.42 Å². The second-order valence-corrected chi connectivity index (χ2v) is 5.95. The average Bonchev–Trinajstić information content (AvgIpc) is 3.07. The van der Waals surface area contributed by atoms with Crippen LogP contribution in [0.15, 0.2) is 45.7 Å². The van der Waals surface area contributed by atoms with Crippen LogP contribution < -0.4 is 5.76 Å². The number of carbonyl (C=O) groups excluding carboxylic acids is 1. The lowest BCUT2D eigenvalue weighted by molar-refractivity contribution is 0.0698. The predicted molar refractivity (Wildman–Crippen MR) is 86.7 cm³/mol. The van der Waals surface area contributed by atoms with E-state index in [1.165, 1.54) is 0 Å². The molecule has 1 aliphatic rings. The first kappa shape index (κ1) is 14.6. The summed E-state index contributed by atoms with van der Waals surface area (Å²) in [5.41, 5.74) is 1.50. The normalized spacial score (nSPS) is 18.0. The van der Waals surface area contributed by atoms with Crippen LogP contribution in [0.5, 0.6) is 0 Å². The number of piperidine rings is 1. The molecule has 1 atom stereocenters. The number of rotatable bonds is 2. The van der Waals surface area contributed by atoms with Gasteiger partial charge < -0.3 is 9.32 Å². The van der Waals surface area contributed by atoms with Crippen molar-refractivity contribution < 1.29 is 9.21 Å². The van der Waals surface area contributed by atoms with E-state index in [2.05, 4.69) is 15.2 Å². The van der Waals surface area contributed by atoms with Crippen molar-refractivity contribution in [1.29, 1.82) is 0 Å². The van der Waals surface area contributed by atoms with E-state index >= 15 is 0 Å². The molecule has 1 aromatic carbocycles. The number of amides is 1. The molecule has 4 rings (SSSR count).